The molecule has 0 saturated heterocycles. The average Bonchev–Trinajstić information content (AvgIpc) is 2.97. The third kappa shape index (κ3) is 2.40. The van der Waals surface area contributed by atoms with Crippen LogP contribution >= 0.6 is 11.3 Å². The number of nitrogens with zero attached hydrogens (tertiary/aromatic N) is 3. The Morgan fingerprint density at radius 3 is 2.94 bits per heavy atom. The van der Waals surface area contributed by atoms with Gasteiger partial charge in [0.15, 0.2) is 0 Å². The highest BCUT2D eigenvalue weighted by Gasteiger charge is 2.27. The minimum Gasteiger partial charge on any atom is -0.321 e. The molecule has 17 heavy (non-hydrogen) atoms. The third-order valence-corrected chi connectivity index (χ3v) is 3.92. The number of hydrogen-bond acceptors (Lipinski definition) is 4. The minimum absolute atomic E-state index is 0.143. The van der Waals surface area contributed by atoms with Crippen molar-refractivity contribution in [2.75, 3.05) is 6.54 Å². The van der Waals surface area contributed by atoms with Crippen molar-refractivity contribution < 1.29 is 0 Å². The predicted molar refractivity (Wildman–Crippen MR) is 70.1 cm³/mol. The number of imidazole rings is 1. The van der Waals surface area contributed by atoms with Crippen LogP contribution in [0.15, 0.2) is 24.1 Å². The summed E-state index contributed by atoms with van der Waals surface area (Å²) in [5, 5.41) is 6.45. The van der Waals surface area contributed by atoms with Crippen LogP contribution in [0.5, 0.6) is 0 Å². The van der Waals surface area contributed by atoms with Gasteiger partial charge < -0.3 is 9.88 Å². The quantitative estimate of drug-likeness (QED) is 0.885. The lowest BCUT2D eigenvalue weighted by Gasteiger charge is -2.26. The molecule has 92 valence electrons. The Balaban J connectivity index is 2.30. The van der Waals surface area contributed by atoms with Gasteiger partial charge in [-0.25, -0.2) is 9.97 Å². The van der Waals surface area contributed by atoms with Gasteiger partial charge in [-0.05, 0) is 20.4 Å². The molecule has 1 N–H and O–H groups in total. The Morgan fingerprint density at radius 2 is 2.29 bits per heavy atom. The number of thiazole rings is 1. The van der Waals surface area contributed by atoms with Crippen molar-refractivity contribution in [3.63, 3.8) is 0 Å². The van der Waals surface area contributed by atoms with Crippen molar-refractivity contribution in [1.29, 1.82) is 0 Å². The lowest BCUT2D eigenvalue weighted by atomic mass is 10.1. The third-order valence-electron chi connectivity index (χ3n) is 2.83. The highest BCUT2D eigenvalue weighted by Crippen LogP contribution is 2.28. The molecule has 2 aromatic rings. The SMILES string of the molecule is CCNCc1cncn1C(C)(C)c1nccs1. The molecule has 0 atom stereocenters. The fourth-order valence-corrected chi connectivity index (χ4v) is 2.60. The van der Waals surface area contributed by atoms with Gasteiger partial charge in [0, 0.05) is 24.3 Å². The van der Waals surface area contributed by atoms with E-state index >= 15 is 0 Å². The minimum atomic E-state index is -0.143. The molecule has 2 heterocycles. The smallest absolute Gasteiger partial charge is 0.118 e. The van der Waals surface area contributed by atoms with Gasteiger partial charge in [-0.3, -0.25) is 0 Å². The molecule has 0 radical (unpaired) electrons. The highest BCUT2D eigenvalue weighted by atomic mass is 32.1. The fraction of sp³-hybridized carbons (Fsp3) is 0.500. The maximum Gasteiger partial charge on any atom is 0.118 e. The van der Waals surface area contributed by atoms with Crippen LogP contribution in [0.25, 0.3) is 0 Å². The Bertz CT molecular complexity index is 459. The first-order valence-electron chi connectivity index (χ1n) is 5.78. The standard InChI is InChI=1S/C12H18N4S/c1-4-13-7-10-8-14-9-16(10)12(2,3)11-15-5-6-17-11/h5-6,8-9,13H,4,7H2,1-3H3. The summed E-state index contributed by atoms with van der Waals surface area (Å²) in [6, 6.07) is 0. The van der Waals surface area contributed by atoms with Gasteiger partial charge in [0.2, 0.25) is 0 Å². The monoisotopic (exact) mass is 250 g/mol. The topological polar surface area (TPSA) is 42.7 Å². The Morgan fingerprint density at radius 1 is 1.47 bits per heavy atom. The molecule has 4 nitrogen and oxygen atoms in total. The number of hydrogen-bond donors (Lipinski definition) is 1. The maximum absolute atomic E-state index is 4.41. The van der Waals surface area contributed by atoms with Crippen molar-refractivity contribution >= 4 is 11.3 Å². The van der Waals surface area contributed by atoms with Crippen molar-refractivity contribution in [1.82, 2.24) is 19.9 Å². The number of rotatable bonds is 5. The van der Waals surface area contributed by atoms with Crippen molar-refractivity contribution in [2.45, 2.75) is 32.9 Å². The first kappa shape index (κ1) is 12.3. The second-order valence-corrected chi connectivity index (χ2v) is 5.33. The number of nitrogens with one attached hydrogen (secondary N) is 1. The lowest BCUT2D eigenvalue weighted by Crippen LogP contribution is -2.30. The van der Waals surface area contributed by atoms with Gasteiger partial charge in [0.25, 0.3) is 0 Å². The summed E-state index contributed by atoms with van der Waals surface area (Å²) in [7, 11) is 0. The largest absolute Gasteiger partial charge is 0.321 e. The van der Waals surface area contributed by atoms with Gasteiger partial charge >= 0.3 is 0 Å². The van der Waals surface area contributed by atoms with Crippen LogP contribution in [0.2, 0.25) is 0 Å². The van der Waals surface area contributed by atoms with Crippen LogP contribution in [0.1, 0.15) is 31.5 Å². The molecule has 0 aliphatic rings. The van der Waals surface area contributed by atoms with Crippen LogP contribution in [0.3, 0.4) is 0 Å². The van der Waals surface area contributed by atoms with Crippen molar-refractivity contribution in [3.05, 3.63) is 34.8 Å². The molecule has 0 aliphatic heterocycles. The van der Waals surface area contributed by atoms with E-state index in [4.69, 9.17) is 0 Å². The van der Waals surface area contributed by atoms with E-state index in [9.17, 15) is 0 Å². The zero-order chi connectivity index (χ0) is 12.3. The first-order chi connectivity index (χ1) is 8.16. The van der Waals surface area contributed by atoms with Gasteiger partial charge in [-0.1, -0.05) is 6.92 Å². The Labute approximate surface area is 106 Å². The maximum atomic E-state index is 4.41. The zero-order valence-corrected chi connectivity index (χ0v) is 11.3. The second kappa shape index (κ2) is 4.98. The summed E-state index contributed by atoms with van der Waals surface area (Å²) in [4.78, 5) is 8.67. The van der Waals surface area contributed by atoms with E-state index < -0.39 is 0 Å². The normalized spacial score (nSPS) is 11.9. The molecule has 0 spiro atoms. The van der Waals surface area contributed by atoms with E-state index in [0.717, 1.165) is 18.1 Å². The zero-order valence-electron chi connectivity index (χ0n) is 10.5. The average molecular weight is 250 g/mol. The summed E-state index contributed by atoms with van der Waals surface area (Å²) in [6.45, 7) is 8.24. The van der Waals surface area contributed by atoms with E-state index in [1.54, 1.807) is 11.3 Å². The van der Waals surface area contributed by atoms with E-state index in [-0.39, 0.29) is 5.54 Å². The summed E-state index contributed by atoms with van der Waals surface area (Å²) >= 11 is 1.68. The molecule has 2 aromatic heterocycles. The molecule has 0 aromatic carbocycles. The van der Waals surface area contributed by atoms with Gasteiger partial charge in [-0.2, -0.15) is 0 Å². The van der Waals surface area contributed by atoms with E-state index in [1.807, 2.05) is 24.1 Å². The molecular formula is C12H18N4S. The fourth-order valence-electron chi connectivity index (χ4n) is 1.84. The Kier molecular flexibility index (Phi) is 3.59. The van der Waals surface area contributed by atoms with E-state index in [1.165, 1.54) is 5.69 Å². The van der Waals surface area contributed by atoms with Crippen LogP contribution < -0.4 is 5.32 Å². The lowest BCUT2D eigenvalue weighted by molar-refractivity contribution is 0.415. The molecule has 0 amide bonds. The predicted octanol–water partition coefficient (Wildman–Crippen LogP) is 2.23. The number of aromatic nitrogens is 3. The molecular weight excluding hydrogens is 232 g/mol. The summed E-state index contributed by atoms with van der Waals surface area (Å²) in [6.07, 6.45) is 5.65. The van der Waals surface area contributed by atoms with Gasteiger partial charge in [-0.15, -0.1) is 11.3 Å². The summed E-state index contributed by atoms with van der Waals surface area (Å²) < 4.78 is 2.19. The van der Waals surface area contributed by atoms with Gasteiger partial charge in [0.1, 0.15) is 5.01 Å². The molecule has 0 fully saturated rings. The van der Waals surface area contributed by atoms with Crippen LogP contribution in [0.4, 0.5) is 0 Å². The molecule has 2 rings (SSSR count). The molecule has 0 bridgehead atoms. The van der Waals surface area contributed by atoms with Crippen LogP contribution in [-0.2, 0) is 12.1 Å². The van der Waals surface area contributed by atoms with Crippen molar-refractivity contribution in [3.8, 4) is 0 Å². The highest BCUT2D eigenvalue weighted by molar-refractivity contribution is 7.09. The first-order valence-corrected chi connectivity index (χ1v) is 6.66. The molecule has 5 heteroatoms. The van der Waals surface area contributed by atoms with Crippen molar-refractivity contribution in [2.24, 2.45) is 0 Å². The van der Waals surface area contributed by atoms with Crippen LogP contribution in [-0.4, -0.2) is 21.1 Å². The van der Waals surface area contributed by atoms with E-state index in [0.29, 0.717) is 0 Å². The van der Waals surface area contributed by atoms with Crippen LogP contribution in [0, 0.1) is 0 Å². The van der Waals surface area contributed by atoms with E-state index in [2.05, 4.69) is 40.6 Å². The second-order valence-electron chi connectivity index (χ2n) is 4.43. The molecule has 0 unspecified atom stereocenters. The summed E-state index contributed by atoms with van der Waals surface area (Å²) in [5.74, 6) is 0. The molecule has 0 aliphatic carbocycles. The summed E-state index contributed by atoms with van der Waals surface area (Å²) in [5.41, 5.74) is 1.04. The molecule has 0 saturated carbocycles. The Hall–Kier alpha value is -1.20. The van der Waals surface area contributed by atoms with Gasteiger partial charge in [0.05, 0.1) is 17.6 Å².